The van der Waals surface area contributed by atoms with Crippen LogP contribution in [0.3, 0.4) is 0 Å². The normalized spacial score (nSPS) is 12.6. The van der Waals surface area contributed by atoms with Crippen LogP contribution in [-0.4, -0.2) is 9.78 Å². The van der Waals surface area contributed by atoms with Gasteiger partial charge in [-0.15, -0.1) is 0 Å². The van der Waals surface area contributed by atoms with Crippen LogP contribution in [0, 0.1) is 0 Å². The Kier molecular flexibility index (Phi) is 3.31. The monoisotopic (exact) mass is 315 g/mol. The number of anilines is 1. The van der Waals surface area contributed by atoms with Crippen molar-refractivity contribution in [2.45, 2.75) is 13.0 Å². The van der Waals surface area contributed by atoms with Gasteiger partial charge < -0.3 is 5.73 Å². The van der Waals surface area contributed by atoms with E-state index in [0.717, 1.165) is 10.0 Å². The maximum atomic E-state index is 11.6. The molecule has 1 atom stereocenters. The average molecular weight is 317 g/mol. The second-order valence-electron chi connectivity index (χ2n) is 3.77. The van der Waals surface area contributed by atoms with Crippen LogP contribution in [0.1, 0.15) is 18.5 Å². The van der Waals surface area contributed by atoms with E-state index in [1.807, 2.05) is 25.1 Å². The zero-order valence-corrected chi connectivity index (χ0v) is 11.4. The fourth-order valence-corrected chi connectivity index (χ4v) is 2.07. The molecular weight excluding hydrogens is 305 g/mol. The van der Waals surface area contributed by atoms with Gasteiger partial charge in [0.1, 0.15) is 5.82 Å². The highest BCUT2D eigenvalue weighted by atomic mass is 79.9. The van der Waals surface area contributed by atoms with Gasteiger partial charge in [0.2, 0.25) is 0 Å². The number of hydrogen-bond acceptors (Lipinski definition) is 2. The second-order valence-corrected chi connectivity index (χ2v) is 5.03. The molecule has 2 rings (SSSR count). The number of nitrogens with zero attached hydrogens (tertiary/aromatic N) is 1. The Morgan fingerprint density at radius 2 is 2.18 bits per heavy atom. The van der Waals surface area contributed by atoms with Crippen LogP contribution in [0.25, 0.3) is 0 Å². The molecule has 0 saturated heterocycles. The summed E-state index contributed by atoms with van der Waals surface area (Å²) in [6, 6.07) is 6.79. The zero-order chi connectivity index (χ0) is 12.6. The summed E-state index contributed by atoms with van der Waals surface area (Å²) in [6.45, 7) is 1.90. The van der Waals surface area contributed by atoms with Crippen LogP contribution >= 0.6 is 27.5 Å². The Labute approximate surface area is 111 Å². The number of rotatable bonds is 2. The van der Waals surface area contributed by atoms with E-state index in [4.69, 9.17) is 17.3 Å². The van der Waals surface area contributed by atoms with Gasteiger partial charge in [0.05, 0.1) is 11.1 Å². The molecule has 1 aromatic carbocycles. The van der Waals surface area contributed by atoms with Crippen molar-refractivity contribution in [3.05, 3.63) is 49.7 Å². The highest BCUT2D eigenvalue weighted by Crippen LogP contribution is 2.26. The Bertz CT molecular complexity index is 605. The highest BCUT2D eigenvalue weighted by molar-refractivity contribution is 9.10. The largest absolute Gasteiger partial charge is 0.384 e. The third-order valence-corrected chi connectivity index (χ3v) is 3.81. The summed E-state index contributed by atoms with van der Waals surface area (Å²) in [5.41, 5.74) is 6.31. The molecule has 0 aliphatic heterocycles. The molecule has 1 heterocycles. The average Bonchev–Trinajstić information content (AvgIpc) is 2.61. The topological polar surface area (TPSA) is 63.8 Å². The Morgan fingerprint density at radius 3 is 2.71 bits per heavy atom. The summed E-state index contributed by atoms with van der Waals surface area (Å²) in [5.74, 6) is 0.352. The number of aromatic nitrogens is 2. The van der Waals surface area contributed by atoms with Crippen molar-refractivity contribution in [2.75, 3.05) is 5.73 Å². The first kappa shape index (κ1) is 12.3. The van der Waals surface area contributed by atoms with Gasteiger partial charge in [0.25, 0.3) is 5.56 Å². The van der Waals surface area contributed by atoms with Crippen LogP contribution in [0.4, 0.5) is 5.82 Å². The Morgan fingerprint density at radius 1 is 1.47 bits per heavy atom. The maximum absolute atomic E-state index is 11.6. The maximum Gasteiger partial charge on any atom is 0.269 e. The van der Waals surface area contributed by atoms with Gasteiger partial charge >= 0.3 is 0 Å². The highest BCUT2D eigenvalue weighted by Gasteiger charge is 2.12. The lowest BCUT2D eigenvalue weighted by Gasteiger charge is -2.13. The van der Waals surface area contributed by atoms with E-state index in [2.05, 4.69) is 21.0 Å². The third kappa shape index (κ3) is 2.40. The number of nitrogens with two attached hydrogens (primary N) is 1. The number of aromatic amines is 1. The van der Waals surface area contributed by atoms with Crippen LogP contribution in [0.15, 0.2) is 33.5 Å². The van der Waals surface area contributed by atoms with Crippen molar-refractivity contribution < 1.29 is 0 Å². The molecular formula is C11H11BrClN3O. The number of hydrogen-bond donors (Lipinski definition) is 2. The summed E-state index contributed by atoms with van der Waals surface area (Å²) in [6.07, 6.45) is 0. The smallest absolute Gasteiger partial charge is 0.269 e. The number of halogens is 2. The fraction of sp³-hybridized carbons (Fsp3) is 0.182. The Balaban J connectivity index is 2.43. The first-order valence-electron chi connectivity index (χ1n) is 5.01. The molecule has 0 saturated carbocycles. The van der Waals surface area contributed by atoms with Crippen LogP contribution in [-0.2, 0) is 0 Å². The molecule has 17 heavy (non-hydrogen) atoms. The number of H-pyrrole nitrogens is 1. The molecule has 3 N–H and O–H groups in total. The molecule has 1 unspecified atom stereocenters. The van der Waals surface area contributed by atoms with E-state index in [1.54, 1.807) is 0 Å². The molecule has 6 heteroatoms. The van der Waals surface area contributed by atoms with Crippen molar-refractivity contribution in [3.63, 3.8) is 0 Å². The molecule has 0 amide bonds. The lowest BCUT2D eigenvalue weighted by Crippen LogP contribution is -2.20. The molecule has 0 radical (unpaired) electrons. The number of nitrogens with one attached hydrogen (secondary N) is 1. The molecule has 0 aliphatic carbocycles. The van der Waals surface area contributed by atoms with Crippen LogP contribution in [0.2, 0.25) is 5.02 Å². The SMILES string of the molecule is CC(c1ccc(Br)c(Cl)c1)n1[nH]c(N)cc1=O. The van der Waals surface area contributed by atoms with E-state index in [9.17, 15) is 4.79 Å². The summed E-state index contributed by atoms with van der Waals surface area (Å²) in [5, 5.41) is 3.42. The van der Waals surface area contributed by atoms with Gasteiger partial charge in [0, 0.05) is 10.5 Å². The van der Waals surface area contributed by atoms with E-state index in [0.29, 0.717) is 10.8 Å². The standard InChI is InChI=1S/C11H11BrClN3O/c1-6(16-11(17)5-10(14)15-16)7-2-3-8(12)9(13)4-7/h2-6,15H,14H2,1H3. The Hall–Kier alpha value is -1.20. The summed E-state index contributed by atoms with van der Waals surface area (Å²) < 4.78 is 2.29. The first-order chi connectivity index (χ1) is 7.99. The van der Waals surface area contributed by atoms with Crippen LogP contribution < -0.4 is 11.3 Å². The molecule has 4 nitrogen and oxygen atoms in total. The van der Waals surface area contributed by atoms with Crippen molar-refractivity contribution in [3.8, 4) is 0 Å². The minimum atomic E-state index is -0.158. The molecule has 1 aromatic heterocycles. The van der Waals surface area contributed by atoms with Gasteiger partial charge in [-0.3, -0.25) is 9.89 Å². The van der Waals surface area contributed by atoms with Crippen LogP contribution in [0.5, 0.6) is 0 Å². The molecule has 0 fully saturated rings. The van der Waals surface area contributed by atoms with Gasteiger partial charge in [-0.1, -0.05) is 17.7 Å². The summed E-state index contributed by atoms with van der Waals surface area (Å²) >= 11 is 9.35. The van der Waals surface area contributed by atoms with E-state index < -0.39 is 0 Å². The van der Waals surface area contributed by atoms with Crippen molar-refractivity contribution >= 4 is 33.3 Å². The molecule has 90 valence electrons. The predicted molar refractivity (Wildman–Crippen MR) is 72.4 cm³/mol. The van der Waals surface area contributed by atoms with Crippen molar-refractivity contribution in [1.82, 2.24) is 9.78 Å². The number of nitrogen functional groups attached to an aromatic ring is 1. The van der Waals surface area contributed by atoms with E-state index in [1.165, 1.54) is 10.7 Å². The molecule has 2 aromatic rings. The molecule has 0 spiro atoms. The summed E-state index contributed by atoms with van der Waals surface area (Å²) in [4.78, 5) is 11.6. The van der Waals surface area contributed by atoms with E-state index >= 15 is 0 Å². The van der Waals surface area contributed by atoms with Crippen molar-refractivity contribution in [1.29, 1.82) is 0 Å². The van der Waals surface area contributed by atoms with Gasteiger partial charge in [-0.05, 0) is 40.5 Å². The first-order valence-corrected chi connectivity index (χ1v) is 6.18. The second kappa shape index (κ2) is 4.58. The van der Waals surface area contributed by atoms with Gasteiger partial charge in [0.15, 0.2) is 0 Å². The minimum absolute atomic E-state index is 0.148. The summed E-state index contributed by atoms with van der Waals surface area (Å²) in [7, 11) is 0. The number of benzene rings is 1. The predicted octanol–water partition coefficient (Wildman–Crippen LogP) is 2.78. The van der Waals surface area contributed by atoms with Gasteiger partial charge in [-0.2, -0.15) is 0 Å². The molecule has 0 aliphatic rings. The third-order valence-electron chi connectivity index (χ3n) is 2.58. The fourth-order valence-electron chi connectivity index (χ4n) is 1.64. The van der Waals surface area contributed by atoms with E-state index in [-0.39, 0.29) is 11.6 Å². The van der Waals surface area contributed by atoms with Gasteiger partial charge in [-0.25, -0.2) is 4.68 Å². The quantitative estimate of drug-likeness (QED) is 0.895. The lowest BCUT2D eigenvalue weighted by molar-refractivity contribution is 0.549. The zero-order valence-electron chi connectivity index (χ0n) is 9.08. The minimum Gasteiger partial charge on any atom is -0.384 e. The molecule has 0 bridgehead atoms. The van der Waals surface area contributed by atoms with Crippen molar-refractivity contribution in [2.24, 2.45) is 0 Å². The lowest BCUT2D eigenvalue weighted by atomic mass is 10.1.